The molecule has 1 amide bonds. The molecule has 0 aliphatic rings. The molecule has 0 bridgehead atoms. The first-order chi connectivity index (χ1) is 9.65. The van der Waals surface area contributed by atoms with Gasteiger partial charge < -0.3 is 11.1 Å². The van der Waals surface area contributed by atoms with E-state index in [9.17, 15) is 4.79 Å². The SMILES string of the molecule is Cc1ccc2cccc(NC(=O)c3nonc3N)c2n1. The number of nitrogens with zero attached hydrogens (tertiary/aromatic N) is 3. The molecule has 0 saturated heterocycles. The Balaban J connectivity index is 2.01. The van der Waals surface area contributed by atoms with Crippen LogP contribution in [0.4, 0.5) is 11.5 Å². The normalized spacial score (nSPS) is 10.7. The molecule has 7 nitrogen and oxygen atoms in total. The molecule has 0 spiro atoms. The zero-order chi connectivity index (χ0) is 14.1. The average molecular weight is 269 g/mol. The number of hydrogen-bond donors (Lipinski definition) is 2. The first kappa shape index (κ1) is 12.1. The Kier molecular flexibility index (Phi) is 2.79. The first-order valence-corrected chi connectivity index (χ1v) is 5.91. The monoisotopic (exact) mass is 269 g/mol. The highest BCUT2D eigenvalue weighted by atomic mass is 16.6. The van der Waals surface area contributed by atoms with Gasteiger partial charge >= 0.3 is 0 Å². The lowest BCUT2D eigenvalue weighted by Gasteiger charge is -2.07. The largest absolute Gasteiger partial charge is 0.379 e. The summed E-state index contributed by atoms with van der Waals surface area (Å²) in [4.78, 5) is 16.5. The van der Waals surface area contributed by atoms with E-state index in [2.05, 4.69) is 25.2 Å². The van der Waals surface area contributed by atoms with Crippen molar-refractivity contribution in [2.24, 2.45) is 0 Å². The lowest BCUT2D eigenvalue weighted by atomic mass is 10.1. The van der Waals surface area contributed by atoms with Crippen LogP contribution in [0.15, 0.2) is 35.0 Å². The summed E-state index contributed by atoms with van der Waals surface area (Å²) in [6.45, 7) is 1.89. The molecule has 20 heavy (non-hydrogen) atoms. The molecule has 0 aliphatic carbocycles. The van der Waals surface area contributed by atoms with E-state index in [4.69, 9.17) is 5.73 Å². The van der Waals surface area contributed by atoms with Gasteiger partial charge in [0.15, 0.2) is 0 Å². The molecule has 0 fully saturated rings. The van der Waals surface area contributed by atoms with E-state index in [0.29, 0.717) is 11.2 Å². The molecule has 2 heterocycles. The predicted molar refractivity (Wildman–Crippen MR) is 73.1 cm³/mol. The zero-order valence-electron chi connectivity index (χ0n) is 10.6. The Morgan fingerprint density at radius 1 is 1.25 bits per heavy atom. The molecule has 3 rings (SSSR count). The van der Waals surface area contributed by atoms with Crippen LogP contribution in [0.2, 0.25) is 0 Å². The number of rotatable bonds is 2. The molecule has 3 aromatic rings. The topological polar surface area (TPSA) is 107 Å². The summed E-state index contributed by atoms with van der Waals surface area (Å²) < 4.78 is 4.41. The number of anilines is 2. The molecule has 0 aliphatic heterocycles. The molecule has 1 aromatic carbocycles. The second-order valence-electron chi connectivity index (χ2n) is 4.28. The minimum Gasteiger partial charge on any atom is -0.379 e. The number of fused-ring (bicyclic) bond motifs is 1. The number of carbonyl (C=O) groups is 1. The van der Waals surface area contributed by atoms with Crippen molar-refractivity contribution < 1.29 is 9.42 Å². The van der Waals surface area contributed by atoms with Crippen LogP contribution in [0.25, 0.3) is 10.9 Å². The number of nitrogens with two attached hydrogens (primary N) is 1. The van der Waals surface area contributed by atoms with Crippen molar-refractivity contribution in [3.05, 3.63) is 41.7 Å². The van der Waals surface area contributed by atoms with Gasteiger partial charge in [0.1, 0.15) is 0 Å². The number of benzene rings is 1. The van der Waals surface area contributed by atoms with Crippen LogP contribution in [0.1, 0.15) is 16.2 Å². The van der Waals surface area contributed by atoms with Gasteiger partial charge in [-0.2, -0.15) is 0 Å². The Labute approximate surface area is 113 Å². The summed E-state index contributed by atoms with van der Waals surface area (Å²) in [5.41, 5.74) is 7.59. The van der Waals surface area contributed by atoms with E-state index >= 15 is 0 Å². The van der Waals surface area contributed by atoms with Gasteiger partial charge in [-0.05, 0) is 29.4 Å². The highest BCUT2D eigenvalue weighted by Gasteiger charge is 2.17. The molecule has 0 atom stereocenters. The Hall–Kier alpha value is -2.96. The van der Waals surface area contributed by atoms with E-state index in [1.54, 1.807) is 6.07 Å². The molecule has 0 saturated carbocycles. The summed E-state index contributed by atoms with van der Waals surface area (Å²) in [6, 6.07) is 9.37. The lowest BCUT2D eigenvalue weighted by molar-refractivity contribution is 0.101. The molecular weight excluding hydrogens is 258 g/mol. The van der Waals surface area contributed by atoms with Gasteiger partial charge in [-0.3, -0.25) is 9.78 Å². The lowest BCUT2D eigenvalue weighted by Crippen LogP contribution is -2.14. The van der Waals surface area contributed by atoms with Crippen LogP contribution in [-0.4, -0.2) is 21.2 Å². The Morgan fingerprint density at radius 3 is 2.85 bits per heavy atom. The number of nitrogens with one attached hydrogen (secondary N) is 1. The van der Waals surface area contributed by atoms with Gasteiger partial charge in [-0.1, -0.05) is 18.2 Å². The second-order valence-corrected chi connectivity index (χ2v) is 4.28. The smallest absolute Gasteiger partial charge is 0.281 e. The quantitative estimate of drug-likeness (QED) is 0.734. The molecule has 0 unspecified atom stereocenters. The number of nitrogen functional groups attached to an aromatic ring is 1. The fourth-order valence-corrected chi connectivity index (χ4v) is 1.88. The summed E-state index contributed by atoms with van der Waals surface area (Å²) in [6.07, 6.45) is 0. The number of aromatic nitrogens is 3. The Bertz CT molecular complexity index is 796. The van der Waals surface area contributed by atoms with Crippen molar-refractivity contribution in [1.29, 1.82) is 0 Å². The van der Waals surface area contributed by atoms with Crippen molar-refractivity contribution in [3.63, 3.8) is 0 Å². The minimum atomic E-state index is -0.487. The third-order valence-corrected chi connectivity index (χ3v) is 2.84. The maximum absolute atomic E-state index is 12.0. The van der Waals surface area contributed by atoms with Gasteiger partial charge in [0.05, 0.1) is 11.2 Å². The molecule has 100 valence electrons. The van der Waals surface area contributed by atoms with Gasteiger partial charge in [-0.15, -0.1) is 0 Å². The maximum Gasteiger partial charge on any atom is 0.281 e. The summed E-state index contributed by atoms with van der Waals surface area (Å²) in [5, 5.41) is 10.5. The van der Waals surface area contributed by atoms with E-state index in [-0.39, 0.29) is 11.5 Å². The van der Waals surface area contributed by atoms with Crippen LogP contribution in [0, 0.1) is 6.92 Å². The molecule has 3 N–H and O–H groups in total. The third kappa shape index (κ3) is 2.05. The van der Waals surface area contributed by atoms with Crippen LogP contribution < -0.4 is 11.1 Å². The summed E-state index contributed by atoms with van der Waals surface area (Å²) >= 11 is 0. The first-order valence-electron chi connectivity index (χ1n) is 5.91. The number of hydrogen-bond acceptors (Lipinski definition) is 6. The van der Waals surface area contributed by atoms with Gasteiger partial charge in [0, 0.05) is 11.1 Å². The molecule has 7 heteroatoms. The van der Waals surface area contributed by atoms with Crippen molar-refractivity contribution in [2.75, 3.05) is 11.1 Å². The summed E-state index contributed by atoms with van der Waals surface area (Å²) in [5.74, 6) is -0.536. The number of para-hydroxylation sites is 1. The van der Waals surface area contributed by atoms with E-state index in [0.717, 1.165) is 11.1 Å². The van der Waals surface area contributed by atoms with E-state index in [1.807, 2.05) is 31.2 Å². The highest BCUT2D eigenvalue weighted by molar-refractivity contribution is 6.09. The maximum atomic E-state index is 12.0. The fourth-order valence-electron chi connectivity index (χ4n) is 1.88. The zero-order valence-corrected chi connectivity index (χ0v) is 10.6. The number of amides is 1. The standard InChI is InChI=1S/C13H11N5O2/c1-7-5-6-8-3-2-4-9(10(8)15-7)16-13(19)11-12(14)18-20-17-11/h2-6H,1H3,(H2,14,18)(H,16,19). The van der Waals surface area contributed by atoms with E-state index in [1.165, 1.54) is 0 Å². The fraction of sp³-hybridized carbons (Fsp3) is 0.0769. The van der Waals surface area contributed by atoms with Gasteiger partial charge in [0.25, 0.3) is 5.91 Å². The molecule has 0 radical (unpaired) electrons. The van der Waals surface area contributed by atoms with E-state index < -0.39 is 5.91 Å². The van der Waals surface area contributed by atoms with Crippen LogP contribution in [0.5, 0.6) is 0 Å². The van der Waals surface area contributed by atoms with Crippen molar-refractivity contribution in [2.45, 2.75) is 6.92 Å². The molecule has 2 aromatic heterocycles. The van der Waals surface area contributed by atoms with Crippen LogP contribution in [-0.2, 0) is 0 Å². The van der Waals surface area contributed by atoms with Crippen molar-refractivity contribution in [3.8, 4) is 0 Å². The minimum absolute atomic E-state index is 0.0466. The van der Waals surface area contributed by atoms with Crippen LogP contribution >= 0.6 is 0 Å². The predicted octanol–water partition coefficient (Wildman–Crippen LogP) is 1.76. The second kappa shape index (κ2) is 4.61. The van der Waals surface area contributed by atoms with Crippen molar-refractivity contribution >= 4 is 28.3 Å². The average Bonchev–Trinajstić information content (AvgIpc) is 2.86. The number of aryl methyl sites for hydroxylation is 1. The van der Waals surface area contributed by atoms with Crippen molar-refractivity contribution in [1.82, 2.24) is 15.3 Å². The number of pyridine rings is 1. The van der Waals surface area contributed by atoms with Gasteiger partial charge in [0.2, 0.25) is 11.5 Å². The van der Waals surface area contributed by atoms with Crippen LogP contribution in [0.3, 0.4) is 0 Å². The summed E-state index contributed by atoms with van der Waals surface area (Å²) in [7, 11) is 0. The Morgan fingerprint density at radius 2 is 2.10 bits per heavy atom. The highest BCUT2D eigenvalue weighted by Crippen LogP contribution is 2.22. The van der Waals surface area contributed by atoms with Gasteiger partial charge in [-0.25, -0.2) is 4.63 Å². The number of carbonyl (C=O) groups excluding carboxylic acids is 1. The molecular formula is C13H11N5O2. The third-order valence-electron chi connectivity index (χ3n) is 2.84.